The molecule has 0 rings (SSSR count). The van der Waals surface area contributed by atoms with Gasteiger partial charge in [0.15, 0.2) is 0 Å². The van der Waals surface area contributed by atoms with Gasteiger partial charge in [0, 0.05) is 0 Å². The summed E-state index contributed by atoms with van der Waals surface area (Å²) in [6, 6.07) is -0.274. The number of rotatable bonds is 6. The van der Waals surface area contributed by atoms with E-state index < -0.39 is 0 Å². The maximum Gasteiger partial charge on any atom is 0.297 e. The summed E-state index contributed by atoms with van der Waals surface area (Å²) >= 11 is 2.09. The highest BCUT2D eigenvalue weighted by atomic mass is 127. The summed E-state index contributed by atoms with van der Waals surface area (Å²) in [4.78, 5) is 22.1. The molecule has 13 heavy (non-hydrogen) atoms. The fraction of sp³-hybridized carbons (Fsp3) is 0.750. The van der Waals surface area contributed by atoms with Crippen molar-refractivity contribution in [3.05, 3.63) is 0 Å². The molecule has 0 saturated carbocycles. The Bertz CT molecular complexity index is 199. The fourth-order valence-electron chi connectivity index (χ4n) is 0.616. The van der Waals surface area contributed by atoms with Crippen molar-refractivity contribution in [2.24, 2.45) is 0 Å². The van der Waals surface area contributed by atoms with Crippen molar-refractivity contribution in [1.82, 2.24) is 5.23 Å². The van der Waals surface area contributed by atoms with Gasteiger partial charge in [0.05, 0.1) is 9.97 Å². The standard InChI is InChI=1S/C8H14BINO2/c1-4-7(10)8(13)9-11-5(2)6(3)12/h5,7,11H,4H2,1-3H3. The molecule has 73 valence electrons. The second-order valence-corrected chi connectivity index (χ2v) is 4.43. The number of hydrogen-bond donors (Lipinski definition) is 1. The smallest absolute Gasteiger partial charge is 0.297 e. The van der Waals surface area contributed by atoms with E-state index in [0.29, 0.717) is 0 Å². The zero-order valence-electron chi connectivity index (χ0n) is 8.13. The molecule has 1 radical (unpaired) electrons. The van der Waals surface area contributed by atoms with Crippen LogP contribution < -0.4 is 5.23 Å². The highest BCUT2D eigenvalue weighted by Gasteiger charge is 2.16. The second-order valence-electron chi connectivity index (χ2n) is 2.92. The van der Waals surface area contributed by atoms with Gasteiger partial charge in [0.1, 0.15) is 11.5 Å². The van der Waals surface area contributed by atoms with Crippen LogP contribution in [-0.2, 0) is 9.59 Å². The summed E-state index contributed by atoms with van der Waals surface area (Å²) in [5.41, 5.74) is 0.0381. The number of Topliss-reactive ketones (excluding diaryl/α,β-unsaturated/α-hetero) is 1. The normalized spacial score (nSPS) is 14.8. The van der Waals surface area contributed by atoms with Gasteiger partial charge in [-0.3, -0.25) is 4.79 Å². The molecule has 0 aliphatic carbocycles. The Morgan fingerprint density at radius 2 is 2.08 bits per heavy atom. The Morgan fingerprint density at radius 1 is 1.54 bits per heavy atom. The van der Waals surface area contributed by atoms with Crippen molar-refractivity contribution in [3.63, 3.8) is 0 Å². The lowest BCUT2D eigenvalue weighted by Crippen LogP contribution is -2.41. The van der Waals surface area contributed by atoms with E-state index in [9.17, 15) is 9.59 Å². The topological polar surface area (TPSA) is 46.2 Å². The highest BCUT2D eigenvalue weighted by Crippen LogP contribution is 2.04. The number of halogens is 1. The lowest BCUT2D eigenvalue weighted by Gasteiger charge is -2.10. The van der Waals surface area contributed by atoms with E-state index in [1.807, 2.05) is 6.92 Å². The van der Waals surface area contributed by atoms with Crippen LogP contribution in [0.2, 0.25) is 0 Å². The van der Waals surface area contributed by atoms with Gasteiger partial charge in [-0.1, -0.05) is 29.5 Å². The third-order valence-electron chi connectivity index (χ3n) is 1.75. The molecule has 0 fully saturated rings. The third-order valence-corrected chi connectivity index (χ3v) is 3.25. The third kappa shape index (κ3) is 5.41. The average Bonchev–Trinajstić information content (AvgIpc) is 2.11. The zero-order chi connectivity index (χ0) is 10.4. The van der Waals surface area contributed by atoms with Crippen LogP contribution >= 0.6 is 22.6 Å². The maximum absolute atomic E-state index is 11.3. The number of carbonyl (C=O) groups excluding carboxylic acids is 2. The van der Waals surface area contributed by atoms with Gasteiger partial charge >= 0.3 is 0 Å². The first-order valence-corrected chi connectivity index (χ1v) is 5.51. The number of ketones is 1. The minimum Gasteiger partial charge on any atom is -0.345 e. The first-order valence-electron chi connectivity index (χ1n) is 4.26. The Labute approximate surface area is 93.4 Å². The second kappa shape index (κ2) is 6.53. The first-order chi connectivity index (χ1) is 5.99. The summed E-state index contributed by atoms with van der Waals surface area (Å²) in [5.74, 6) is 0.0329. The molecule has 0 bridgehead atoms. The van der Waals surface area contributed by atoms with Crippen LogP contribution in [0.15, 0.2) is 0 Å². The molecule has 3 nitrogen and oxygen atoms in total. The van der Waals surface area contributed by atoms with E-state index in [1.165, 1.54) is 14.3 Å². The van der Waals surface area contributed by atoms with Gasteiger partial charge in [0.2, 0.25) is 0 Å². The van der Waals surface area contributed by atoms with Crippen molar-refractivity contribution < 1.29 is 9.59 Å². The Balaban J connectivity index is 3.76. The van der Waals surface area contributed by atoms with Crippen molar-refractivity contribution in [3.8, 4) is 0 Å². The predicted octanol–water partition coefficient (Wildman–Crippen LogP) is 0.913. The quantitative estimate of drug-likeness (QED) is 0.450. The fourth-order valence-corrected chi connectivity index (χ4v) is 0.796. The van der Waals surface area contributed by atoms with E-state index in [1.54, 1.807) is 6.92 Å². The average molecular weight is 294 g/mol. The minimum absolute atomic E-state index is 0.00394. The van der Waals surface area contributed by atoms with E-state index >= 15 is 0 Å². The van der Waals surface area contributed by atoms with Gasteiger partial charge in [-0.05, 0) is 20.3 Å². The predicted molar refractivity (Wildman–Crippen MR) is 62.1 cm³/mol. The number of nitrogens with one attached hydrogen (secondary N) is 1. The highest BCUT2D eigenvalue weighted by molar-refractivity contribution is 14.1. The molecule has 2 atom stereocenters. The monoisotopic (exact) mass is 294 g/mol. The first kappa shape index (κ1) is 13.1. The van der Waals surface area contributed by atoms with Crippen LogP contribution in [0.4, 0.5) is 0 Å². The lowest BCUT2D eigenvalue weighted by molar-refractivity contribution is -0.118. The van der Waals surface area contributed by atoms with Gasteiger partial charge in [-0.2, -0.15) is 0 Å². The van der Waals surface area contributed by atoms with Gasteiger partial charge in [-0.25, -0.2) is 0 Å². The summed E-state index contributed by atoms with van der Waals surface area (Å²) in [6.07, 6.45) is 0.812. The Kier molecular flexibility index (Phi) is 6.58. The van der Waals surface area contributed by atoms with Crippen molar-refractivity contribution in [2.45, 2.75) is 37.2 Å². The SMILES string of the molecule is CCC(I)C(=O)[B]NC(C)C(C)=O. The molecule has 0 heterocycles. The number of alkyl halides is 1. The number of hydrogen-bond acceptors (Lipinski definition) is 3. The summed E-state index contributed by atoms with van der Waals surface area (Å²) in [6.45, 7) is 5.19. The molecule has 0 aromatic rings. The summed E-state index contributed by atoms with van der Waals surface area (Å²) in [5, 5.41) is 2.77. The molecular formula is C8H14BINO2. The molecule has 0 aliphatic rings. The molecule has 0 aliphatic heterocycles. The van der Waals surface area contributed by atoms with Gasteiger partial charge < -0.3 is 10.0 Å². The van der Waals surface area contributed by atoms with Crippen molar-refractivity contribution in [2.75, 3.05) is 0 Å². The molecule has 0 spiro atoms. The van der Waals surface area contributed by atoms with Crippen molar-refractivity contribution in [1.29, 1.82) is 0 Å². The lowest BCUT2D eigenvalue weighted by atomic mass is 9.83. The number of carbonyl (C=O) groups is 2. The molecule has 5 heteroatoms. The molecule has 0 aromatic carbocycles. The van der Waals surface area contributed by atoms with E-state index in [0.717, 1.165) is 6.42 Å². The molecule has 2 unspecified atom stereocenters. The van der Waals surface area contributed by atoms with E-state index in [2.05, 4.69) is 27.8 Å². The van der Waals surface area contributed by atoms with Gasteiger partial charge in [-0.15, -0.1) is 0 Å². The summed E-state index contributed by atoms with van der Waals surface area (Å²) < 4.78 is 0.00394. The molecule has 0 aromatic heterocycles. The molecular weight excluding hydrogens is 280 g/mol. The minimum atomic E-state index is -0.274. The Morgan fingerprint density at radius 3 is 2.46 bits per heavy atom. The molecule has 1 N–H and O–H groups in total. The van der Waals surface area contributed by atoms with Gasteiger partial charge in [0.25, 0.3) is 7.41 Å². The molecule has 0 amide bonds. The van der Waals surface area contributed by atoms with Crippen LogP contribution in [0.5, 0.6) is 0 Å². The van der Waals surface area contributed by atoms with Crippen LogP contribution in [0, 0.1) is 0 Å². The van der Waals surface area contributed by atoms with Crippen molar-refractivity contribution >= 4 is 41.5 Å². The largest absolute Gasteiger partial charge is 0.345 e. The van der Waals surface area contributed by atoms with E-state index in [4.69, 9.17) is 0 Å². The van der Waals surface area contributed by atoms with Crippen LogP contribution in [0.1, 0.15) is 27.2 Å². The van der Waals surface area contributed by atoms with Crippen LogP contribution in [-0.4, -0.2) is 28.8 Å². The van der Waals surface area contributed by atoms with Crippen LogP contribution in [0.25, 0.3) is 0 Å². The summed E-state index contributed by atoms with van der Waals surface area (Å²) in [7, 11) is 1.40. The van der Waals surface area contributed by atoms with Crippen LogP contribution in [0.3, 0.4) is 0 Å². The Hall–Kier alpha value is 0.0949. The maximum atomic E-state index is 11.3. The van der Waals surface area contributed by atoms with E-state index in [-0.39, 0.29) is 21.4 Å². The molecule has 0 saturated heterocycles. The zero-order valence-corrected chi connectivity index (χ0v) is 10.3.